The minimum atomic E-state index is -0.577. The van der Waals surface area contributed by atoms with Crippen molar-refractivity contribution in [3.63, 3.8) is 0 Å². The van der Waals surface area contributed by atoms with Crippen LogP contribution in [0.5, 0.6) is 0 Å². The van der Waals surface area contributed by atoms with Crippen LogP contribution in [0.1, 0.15) is 27.6 Å². The van der Waals surface area contributed by atoms with Crippen LogP contribution in [-0.2, 0) is 7.05 Å². The van der Waals surface area contributed by atoms with Gasteiger partial charge < -0.3 is 9.88 Å². The van der Waals surface area contributed by atoms with Crippen LogP contribution >= 0.6 is 11.8 Å². The third-order valence-corrected chi connectivity index (χ3v) is 4.85. The summed E-state index contributed by atoms with van der Waals surface area (Å²) in [4.78, 5) is 39.3. The lowest BCUT2D eigenvalue weighted by atomic mass is 10.1. The second-order valence-corrected chi connectivity index (χ2v) is 6.71. The van der Waals surface area contributed by atoms with Gasteiger partial charge in [0.2, 0.25) is 0 Å². The van der Waals surface area contributed by atoms with E-state index in [0.29, 0.717) is 10.1 Å². The largest absolute Gasteiger partial charge is 0.321 e. The van der Waals surface area contributed by atoms with E-state index in [1.54, 1.807) is 11.6 Å². The average molecular weight is 398 g/mol. The van der Waals surface area contributed by atoms with Crippen molar-refractivity contribution < 1.29 is 14.5 Å². The summed E-state index contributed by atoms with van der Waals surface area (Å²) >= 11 is 1.07. The summed E-state index contributed by atoms with van der Waals surface area (Å²) in [5.74, 6) is -0.836. The molecule has 1 aromatic carbocycles. The smallest absolute Gasteiger partial charge is 0.284 e. The van der Waals surface area contributed by atoms with E-state index in [0.717, 1.165) is 11.8 Å². The van der Waals surface area contributed by atoms with Gasteiger partial charge in [-0.05, 0) is 36.9 Å². The predicted octanol–water partition coefficient (Wildman–Crippen LogP) is 2.72. The fraction of sp³-hybridized carbons (Fsp3) is 0.118. The van der Waals surface area contributed by atoms with E-state index in [1.165, 1.54) is 49.9 Å². The fourth-order valence-corrected chi connectivity index (χ4v) is 3.18. The summed E-state index contributed by atoms with van der Waals surface area (Å²) in [5.41, 5.74) is 0.384. The Labute approximate surface area is 163 Å². The van der Waals surface area contributed by atoms with Crippen molar-refractivity contribution in [3.05, 3.63) is 64.2 Å². The van der Waals surface area contributed by atoms with Crippen LogP contribution in [0.15, 0.2) is 53.0 Å². The number of carbonyl (C=O) groups is 2. The topological polar surface area (TPSA) is 133 Å². The van der Waals surface area contributed by atoms with E-state index in [-0.39, 0.29) is 28.3 Å². The molecule has 0 atom stereocenters. The standard InChI is InChI=1S/C17H14N6O4S/c1-10(24)12-8-18-6-5-13(12)20-16(25)11-3-4-15(14(7-11)23(26)27)28-17-21-19-9-22(17)2/h3-9H,1-2H3,(H,18,20,25). The molecule has 142 valence electrons. The second kappa shape index (κ2) is 7.96. The first kappa shape index (κ1) is 19.2. The van der Waals surface area contributed by atoms with E-state index in [1.807, 2.05) is 0 Å². The van der Waals surface area contributed by atoms with Crippen LogP contribution in [0.2, 0.25) is 0 Å². The number of carbonyl (C=O) groups excluding carboxylic acids is 2. The number of rotatable bonds is 6. The number of hydrogen-bond acceptors (Lipinski definition) is 8. The Hall–Kier alpha value is -3.60. The Bertz CT molecular complexity index is 1080. The van der Waals surface area contributed by atoms with Crippen LogP contribution in [0, 0.1) is 10.1 Å². The number of benzene rings is 1. The number of hydrogen-bond donors (Lipinski definition) is 1. The normalized spacial score (nSPS) is 10.5. The Balaban J connectivity index is 1.90. The van der Waals surface area contributed by atoms with Gasteiger partial charge in [-0.1, -0.05) is 0 Å². The summed E-state index contributed by atoms with van der Waals surface area (Å²) in [6, 6.07) is 5.62. The van der Waals surface area contributed by atoms with Gasteiger partial charge in [-0.3, -0.25) is 24.7 Å². The van der Waals surface area contributed by atoms with Crippen molar-refractivity contribution in [1.82, 2.24) is 19.7 Å². The number of anilines is 1. The van der Waals surface area contributed by atoms with E-state index >= 15 is 0 Å². The second-order valence-electron chi connectivity index (χ2n) is 5.70. The maximum atomic E-state index is 12.5. The SMILES string of the molecule is CC(=O)c1cnccc1NC(=O)c1ccc(Sc2nncn2C)c([N+](=O)[O-])c1. The van der Waals surface area contributed by atoms with Crippen molar-refractivity contribution in [3.8, 4) is 0 Å². The zero-order chi connectivity index (χ0) is 20.3. The molecule has 0 fully saturated rings. The molecule has 0 bridgehead atoms. The van der Waals surface area contributed by atoms with Crippen molar-refractivity contribution in [2.45, 2.75) is 17.0 Å². The monoisotopic (exact) mass is 398 g/mol. The van der Waals surface area contributed by atoms with Gasteiger partial charge in [0, 0.05) is 31.1 Å². The van der Waals surface area contributed by atoms with Gasteiger partial charge in [-0.15, -0.1) is 10.2 Å². The zero-order valence-corrected chi connectivity index (χ0v) is 15.6. The molecule has 10 nitrogen and oxygen atoms in total. The number of nitro benzene ring substituents is 1. The molecule has 1 N–H and O–H groups in total. The average Bonchev–Trinajstić information content (AvgIpc) is 3.06. The molecule has 0 aliphatic heterocycles. The van der Waals surface area contributed by atoms with Crippen LogP contribution in [0.25, 0.3) is 0 Å². The number of aryl methyl sites for hydroxylation is 1. The number of amides is 1. The molecule has 2 heterocycles. The molecule has 0 unspecified atom stereocenters. The highest BCUT2D eigenvalue weighted by molar-refractivity contribution is 7.99. The Morgan fingerprint density at radius 1 is 1.29 bits per heavy atom. The van der Waals surface area contributed by atoms with E-state index in [2.05, 4.69) is 20.5 Å². The summed E-state index contributed by atoms with van der Waals surface area (Å²) in [5, 5.41) is 22.2. The molecule has 11 heteroatoms. The molecule has 0 radical (unpaired) electrons. The molecular weight excluding hydrogens is 384 g/mol. The number of Topliss-reactive ketones (excluding diaryl/α,β-unsaturated/α-hetero) is 1. The summed E-state index contributed by atoms with van der Waals surface area (Å²) in [6.45, 7) is 1.36. The molecule has 3 rings (SSSR count). The van der Waals surface area contributed by atoms with Crippen LogP contribution in [0.4, 0.5) is 11.4 Å². The lowest BCUT2D eigenvalue weighted by Gasteiger charge is -2.09. The van der Waals surface area contributed by atoms with Gasteiger partial charge in [0.15, 0.2) is 10.9 Å². The lowest BCUT2D eigenvalue weighted by molar-refractivity contribution is -0.387. The zero-order valence-electron chi connectivity index (χ0n) is 14.8. The number of ketones is 1. The Kier molecular flexibility index (Phi) is 5.45. The van der Waals surface area contributed by atoms with Crippen molar-refractivity contribution in [2.24, 2.45) is 7.05 Å². The highest BCUT2D eigenvalue weighted by Gasteiger charge is 2.21. The summed E-state index contributed by atoms with van der Waals surface area (Å²) < 4.78 is 1.63. The van der Waals surface area contributed by atoms with E-state index < -0.39 is 10.8 Å². The first-order valence-corrected chi connectivity index (χ1v) is 8.75. The molecule has 28 heavy (non-hydrogen) atoms. The van der Waals surface area contributed by atoms with Gasteiger partial charge in [0.1, 0.15) is 6.33 Å². The molecule has 0 saturated carbocycles. The molecule has 3 aromatic rings. The van der Waals surface area contributed by atoms with Crippen LogP contribution in [-0.4, -0.2) is 36.4 Å². The minimum absolute atomic E-state index is 0.0836. The number of nitro groups is 1. The number of pyridine rings is 1. The molecule has 0 saturated heterocycles. The third kappa shape index (κ3) is 4.04. The van der Waals surface area contributed by atoms with Gasteiger partial charge in [0.25, 0.3) is 11.6 Å². The number of nitrogens with zero attached hydrogens (tertiary/aromatic N) is 5. The Morgan fingerprint density at radius 2 is 2.07 bits per heavy atom. The van der Waals surface area contributed by atoms with Crippen molar-refractivity contribution >= 4 is 34.8 Å². The van der Waals surface area contributed by atoms with Crippen LogP contribution in [0.3, 0.4) is 0 Å². The third-order valence-electron chi connectivity index (χ3n) is 3.74. The summed E-state index contributed by atoms with van der Waals surface area (Å²) in [7, 11) is 1.72. The quantitative estimate of drug-likeness (QED) is 0.381. The fourth-order valence-electron chi connectivity index (χ4n) is 2.33. The minimum Gasteiger partial charge on any atom is -0.321 e. The van der Waals surface area contributed by atoms with Gasteiger partial charge >= 0.3 is 0 Å². The lowest BCUT2D eigenvalue weighted by Crippen LogP contribution is -2.15. The van der Waals surface area contributed by atoms with Gasteiger partial charge in [-0.2, -0.15) is 0 Å². The van der Waals surface area contributed by atoms with Gasteiger partial charge in [0.05, 0.1) is 21.1 Å². The van der Waals surface area contributed by atoms with Crippen molar-refractivity contribution in [2.75, 3.05) is 5.32 Å². The van der Waals surface area contributed by atoms with Gasteiger partial charge in [-0.25, -0.2) is 0 Å². The summed E-state index contributed by atoms with van der Waals surface area (Å²) in [6.07, 6.45) is 4.27. The first-order chi connectivity index (χ1) is 13.4. The number of nitrogens with one attached hydrogen (secondary N) is 1. The predicted molar refractivity (Wildman–Crippen MR) is 100 cm³/mol. The molecule has 0 aliphatic carbocycles. The maximum Gasteiger partial charge on any atom is 0.284 e. The Morgan fingerprint density at radius 3 is 2.71 bits per heavy atom. The highest BCUT2D eigenvalue weighted by Crippen LogP contribution is 2.34. The molecule has 0 spiro atoms. The maximum absolute atomic E-state index is 12.5. The molecular formula is C17H14N6O4S. The number of aromatic nitrogens is 4. The first-order valence-electron chi connectivity index (χ1n) is 7.93. The van der Waals surface area contributed by atoms with E-state index in [4.69, 9.17) is 0 Å². The highest BCUT2D eigenvalue weighted by atomic mass is 32.2. The molecule has 0 aliphatic rings. The molecule has 2 aromatic heterocycles. The van der Waals surface area contributed by atoms with Crippen molar-refractivity contribution in [1.29, 1.82) is 0 Å². The van der Waals surface area contributed by atoms with Crippen LogP contribution < -0.4 is 5.32 Å². The van der Waals surface area contributed by atoms with E-state index in [9.17, 15) is 19.7 Å². The molecule has 1 amide bonds.